The summed E-state index contributed by atoms with van der Waals surface area (Å²) in [5.74, 6) is -0.259. The van der Waals surface area contributed by atoms with E-state index in [9.17, 15) is 45.6 Å². The number of carbonyl (C=O) groups excluding carboxylic acids is 1. The molecule has 57 heavy (non-hydrogen) atoms. The van der Waals surface area contributed by atoms with Crippen molar-refractivity contribution < 1.29 is 64.6 Å². The van der Waals surface area contributed by atoms with Crippen LogP contribution in [0, 0.1) is 0 Å². The van der Waals surface area contributed by atoms with Crippen LogP contribution in [0.2, 0.25) is 0 Å². The zero-order valence-electron chi connectivity index (χ0n) is 34.6. The zero-order chi connectivity index (χ0) is 41.8. The number of hydrogen-bond donors (Lipinski definition) is 9. The molecule has 0 aromatic heterocycles. The Balaban J connectivity index is 1.91. The third-order valence-corrected chi connectivity index (χ3v) is 10.7. The normalized spacial score (nSPS) is 29.4. The standard InChI is InChI=1S/C43H77NO13/c1-3-5-7-9-11-13-14-15-16-17-19-21-23-25-27-35(48)44-31(32(47)26-24-22-20-18-12-10-8-6-4-2)30-54-42-40(53)38(51)41(34(29-46)56-42)57-43-39(52)37(50)36(49)33(28-45)55-43/h4,6,12,18,24,26,31-34,36-43,45-47,49-53H,3,5,7-11,13-17,19-23,25,27-30H2,1-2H3,(H,44,48)/b6-4+,18-12+,26-24+. The lowest BCUT2D eigenvalue weighted by Crippen LogP contribution is -2.65. The highest BCUT2D eigenvalue weighted by molar-refractivity contribution is 5.76. The lowest BCUT2D eigenvalue weighted by molar-refractivity contribution is -0.359. The molecule has 332 valence electrons. The van der Waals surface area contributed by atoms with Gasteiger partial charge in [-0.1, -0.05) is 127 Å². The van der Waals surface area contributed by atoms with Gasteiger partial charge in [-0.25, -0.2) is 0 Å². The second-order valence-corrected chi connectivity index (χ2v) is 15.5. The van der Waals surface area contributed by atoms with Crippen LogP contribution in [0.4, 0.5) is 0 Å². The molecular formula is C43H77NO13. The lowest BCUT2D eigenvalue weighted by atomic mass is 9.97. The molecule has 0 spiro atoms. The quantitative estimate of drug-likeness (QED) is 0.0361. The van der Waals surface area contributed by atoms with Crippen molar-refractivity contribution >= 4 is 5.91 Å². The third-order valence-electron chi connectivity index (χ3n) is 10.7. The molecule has 12 unspecified atom stereocenters. The second-order valence-electron chi connectivity index (χ2n) is 15.5. The number of aliphatic hydroxyl groups is 8. The summed E-state index contributed by atoms with van der Waals surface area (Å²) >= 11 is 0. The van der Waals surface area contributed by atoms with Gasteiger partial charge >= 0.3 is 0 Å². The smallest absolute Gasteiger partial charge is 0.220 e. The van der Waals surface area contributed by atoms with Gasteiger partial charge in [0, 0.05) is 6.42 Å². The van der Waals surface area contributed by atoms with Crippen molar-refractivity contribution in [3.63, 3.8) is 0 Å². The van der Waals surface area contributed by atoms with E-state index >= 15 is 0 Å². The predicted octanol–water partition coefficient (Wildman–Crippen LogP) is 3.59. The fourth-order valence-corrected chi connectivity index (χ4v) is 7.03. The van der Waals surface area contributed by atoms with Crippen LogP contribution in [-0.2, 0) is 23.7 Å². The number of rotatable bonds is 31. The summed E-state index contributed by atoms with van der Waals surface area (Å²) in [4.78, 5) is 13.0. The van der Waals surface area contributed by atoms with E-state index in [1.165, 1.54) is 64.2 Å². The molecular weight excluding hydrogens is 738 g/mol. The first-order valence-corrected chi connectivity index (χ1v) is 21.7. The minimum absolute atomic E-state index is 0.259. The third kappa shape index (κ3) is 19.9. The number of ether oxygens (including phenoxy) is 4. The van der Waals surface area contributed by atoms with Crippen molar-refractivity contribution in [3.05, 3.63) is 36.5 Å². The van der Waals surface area contributed by atoms with Crippen molar-refractivity contribution in [2.75, 3.05) is 19.8 Å². The number of nitrogens with one attached hydrogen (secondary N) is 1. The largest absolute Gasteiger partial charge is 0.394 e. The minimum Gasteiger partial charge on any atom is -0.394 e. The summed E-state index contributed by atoms with van der Waals surface area (Å²) in [6.45, 7) is 2.49. The fourth-order valence-electron chi connectivity index (χ4n) is 7.03. The van der Waals surface area contributed by atoms with E-state index in [-0.39, 0.29) is 18.9 Å². The van der Waals surface area contributed by atoms with Crippen LogP contribution in [-0.4, -0.2) is 140 Å². The van der Waals surface area contributed by atoms with E-state index in [4.69, 9.17) is 18.9 Å². The Morgan fingerprint density at radius 2 is 1.16 bits per heavy atom. The summed E-state index contributed by atoms with van der Waals surface area (Å²) in [5, 5.41) is 86.2. The number of allylic oxidation sites excluding steroid dienone is 5. The van der Waals surface area contributed by atoms with Gasteiger partial charge in [0.15, 0.2) is 12.6 Å². The Labute approximate surface area is 341 Å². The number of hydrogen-bond acceptors (Lipinski definition) is 13. The molecule has 0 aromatic carbocycles. The average Bonchev–Trinajstić information content (AvgIpc) is 3.21. The molecule has 2 rings (SSSR count). The zero-order valence-corrected chi connectivity index (χ0v) is 34.6. The van der Waals surface area contributed by atoms with Gasteiger partial charge in [-0.2, -0.15) is 0 Å². The molecule has 14 heteroatoms. The molecule has 9 N–H and O–H groups in total. The minimum atomic E-state index is -1.79. The molecule has 14 nitrogen and oxygen atoms in total. The van der Waals surface area contributed by atoms with E-state index < -0.39 is 86.8 Å². The Morgan fingerprint density at radius 3 is 1.72 bits per heavy atom. The maximum Gasteiger partial charge on any atom is 0.220 e. The van der Waals surface area contributed by atoms with Crippen LogP contribution in [0.25, 0.3) is 0 Å². The molecule has 2 aliphatic heterocycles. The molecule has 0 saturated carbocycles. The van der Waals surface area contributed by atoms with Gasteiger partial charge in [-0.15, -0.1) is 0 Å². The van der Waals surface area contributed by atoms with Gasteiger partial charge in [-0.3, -0.25) is 4.79 Å². The van der Waals surface area contributed by atoms with E-state index in [1.54, 1.807) is 6.08 Å². The first kappa shape index (κ1) is 51.4. The van der Waals surface area contributed by atoms with Crippen LogP contribution in [0.5, 0.6) is 0 Å². The monoisotopic (exact) mass is 816 g/mol. The lowest BCUT2D eigenvalue weighted by Gasteiger charge is -2.46. The van der Waals surface area contributed by atoms with E-state index in [0.29, 0.717) is 12.8 Å². The second kappa shape index (κ2) is 31.1. The predicted molar refractivity (Wildman–Crippen MR) is 217 cm³/mol. The Hall–Kier alpha value is -1.79. The van der Waals surface area contributed by atoms with Crippen molar-refractivity contribution in [3.8, 4) is 0 Å². The van der Waals surface area contributed by atoms with E-state index in [0.717, 1.165) is 38.5 Å². The highest BCUT2D eigenvalue weighted by atomic mass is 16.7. The fraction of sp³-hybridized carbons (Fsp3) is 0.837. The Kier molecular flexibility index (Phi) is 28.1. The maximum absolute atomic E-state index is 13.0. The number of aliphatic hydroxyl groups excluding tert-OH is 8. The summed E-state index contributed by atoms with van der Waals surface area (Å²) in [6, 6.07) is -0.930. The molecule has 12 atom stereocenters. The topological polar surface area (TPSA) is 228 Å². The molecule has 2 aliphatic rings. The van der Waals surface area contributed by atoms with Gasteiger partial charge in [0.1, 0.15) is 48.8 Å². The van der Waals surface area contributed by atoms with Gasteiger partial charge in [0.25, 0.3) is 0 Å². The Bertz CT molecular complexity index is 1100. The summed E-state index contributed by atoms with van der Waals surface area (Å²) in [6.07, 6.45) is 15.1. The van der Waals surface area contributed by atoms with Gasteiger partial charge in [0.2, 0.25) is 5.91 Å². The highest BCUT2D eigenvalue weighted by Crippen LogP contribution is 2.30. The van der Waals surface area contributed by atoms with Gasteiger partial charge in [-0.05, 0) is 39.0 Å². The molecule has 2 saturated heterocycles. The SMILES string of the molecule is C/C=C/CC/C=C/CC/C=C/C(O)C(COC1OC(CO)C(OC2OC(CO)C(O)C(O)C2O)C(O)C1O)NC(=O)CCCCCCCCCCCCCCCC. The maximum atomic E-state index is 13.0. The molecule has 0 aromatic rings. The molecule has 0 aliphatic carbocycles. The van der Waals surface area contributed by atoms with Crippen LogP contribution in [0.3, 0.4) is 0 Å². The van der Waals surface area contributed by atoms with Crippen LogP contribution in [0.15, 0.2) is 36.5 Å². The highest BCUT2D eigenvalue weighted by Gasteiger charge is 2.50. The average molecular weight is 816 g/mol. The van der Waals surface area contributed by atoms with Gasteiger partial charge in [0.05, 0.1) is 32.0 Å². The number of unbranched alkanes of at least 4 members (excludes halogenated alkanes) is 15. The molecule has 0 radical (unpaired) electrons. The summed E-state index contributed by atoms with van der Waals surface area (Å²) in [7, 11) is 0. The molecule has 2 fully saturated rings. The summed E-state index contributed by atoms with van der Waals surface area (Å²) < 4.78 is 22.5. The number of amides is 1. The first-order valence-electron chi connectivity index (χ1n) is 21.7. The number of carbonyl (C=O) groups is 1. The Morgan fingerprint density at radius 1 is 0.649 bits per heavy atom. The first-order chi connectivity index (χ1) is 27.6. The van der Waals surface area contributed by atoms with Crippen LogP contribution < -0.4 is 5.32 Å². The molecule has 2 heterocycles. The molecule has 0 bridgehead atoms. The van der Waals surface area contributed by atoms with Gasteiger partial charge < -0.3 is 65.1 Å². The van der Waals surface area contributed by atoms with E-state index in [1.807, 2.05) is 19.1 Å². The van der Waals surface area contributed by atoms with Crippen LogP contribution >= 0.6 is 0 Å². The van der Waals surface area contributed by atoms with Crippen molar-refractivity contribution in [1.82, 2.24) is 5.32 Å². The van der Waals surface area contributed by atoms with Crippen LogP contribution in [0.1, 0.15) is 136 Å². The molecule has 1 amide bonds. The van der Waals surface area contributed by atoms with Crippen molar-refractivity contribution in [2.24, 2.45) is 0 Å². The summed E-state index contributed by atoms with van der Waals surface area (Å²) in [5.41, 5.74) is 0. The van der Waals surface area contributed by atoms with E-state index in [2.05, 4.69) is 30.5 Å². The van der Waals surface area contributed by atoms with Crippen molar-refractivity contribution in [2.45, 2.75) is 209 Å². The van der Waals surface area contributed by atoms with Crippen molar-refractivity contribution in [1.29, 1.82) is 0 Å².